The van der Waals surface area contributed by atoms with Crippen LogP contribution < -0.4 is 4.74 Å². The van der Waals surface area contributed by atoms with E-state index in [1.54, 1.807) is 0 Å². The fraction of sp³-hybridized carbons (Fsp3) is 0. The molecule has 0 aromatic heterocycles. The maximum Gasteiger partial charge on any atom is 0.227 e. The van der Waals surface area contributed by atoms with Crippen molar-refractivity contribution in [2.45, 2.75) is 0 Å². The number of rotatable bonds is 3. The zero-order chi connectivity index (χ0) is 16.9. The highest BCUT2D eigenvalue weighted by Crippen LogP contribution is 2.23. The van der Waals surface area contributed by atoms with Gasteiger partial charge in [-0.15, -0.1) is 0 Å². The molecule has 25 heavy (non-hydrogen) atoms. The highest BCUT2D eigenvalue weighted by molar-refractivity contribution is 5.98. The molecular formula is C23H17NO. The summed E-state index contributed by atoms with van der Waals surface area (Å²) in [5.41, 5.74) is 1.81. The van der Waals surface area contributed by atoms with Crippen molar-refractivity contribution in [3.05, 3.63) is 109 Å². The van der Waals surface area contributed by atoms with Gasteiger partial charge in [-0.1, -0.05) is 66.7 Å². The monoisotopic (exact) mass is 323 g/mol. The zero-order valence-electron chi connectivity index (χ0n) is 13.7. The molecule has 0 amide bonds. The van der Waals surface area contributed by atoms with Crippen LogP contribution in [0.15, 0.2) is 108 Å². The molecule has 4 rings (SSSR count). The maximum atomic E-state index is 6.07. The van der Waals surface area contributed by atoms with Gasteiger partial charge in [0, 0.05) is 5.56 Å². The van der Waals surface area contributed by atoms with Gasteiger partial charge in [0.1, 0.15) is 5.75 Å². The minimum Gasteiger partial charge on any atom is -0.438 e. The number of aliphatic imine (C=N–C) groups is 1. The first-order valence-corrected chi connectivity index (χ1v) is 8.24. The molecule has 0 saturated heterocycles. The molecule has 4 aromatic carbocycles. The second-order valence-electron chi connectivity index (χ2n) is 5.73. The second-order valence-corrected chi connectivity index (χ2v) is 5.73. The summed E-state index contributed by atoms with van der Waals surface area (Å²) >= 11 is 0. The molecule has 0 radical (unpaired) electrons. The number of ether oxygens (including phenoxy) is 1. The maximum absolute atomic E-state index is 6.07. The number of para-hydroxylation sites is 1. The van der Waals surface area contributed by atoms with Crippen LogP contribution in [-0.2, 0) is 0 Å². The van der Waals surface area contributed by atoms with Gasteiger partial charge < -0.3 is 4.74 Å². The first-order chi connectivity index (χ1) is 12.4. The molecule has 0 atom stereocenters. The lowest BCUT2D eigenvalue weighted by molar-refractivity contribution is 0.553. The summed E-state index contributed by atoms with van der Waals surface area (Å²) < 4.78 is 6.07. The second kappa shape index (κ2) is 7.02. The van der Waals surface area contributed by atoms with E-state index >= 15 is 0 Å². The van der Waals surface area contributed by atoms with Crippen molar-refractivity contribution in [1.82, 2.24) is 0 Å². The largest absolute Gasteiger partial charge is 0.438 e. The van der Waals surface area contributed by atoms with Crippen LogP contribution in [0.4, 0.5) is 5.69 Å². The smallest absolute Gasteiger partial charge is 0.227 e. The summed E-state index contributed by atoms with van der Waals surface area (Å²) in [7, 11) is 0. The van der Waals surface area contributed by atoms with Crippen LogP contribution in [0.1, 0.15) is 5.56 Å². The van der Waals surface area contributed by atoms with Gasteiger partial charge >= 0.3 is 0 Å². The lowest BCUT2D eigenvalue weighted by Gasteiger charge is -2.09. The molecule has 0 aliphatic rings. The van der Waals surface area contributed by atoms with E-state index in [-0.39, 0.29) is 0 Å². The standard InChI is InChI=1S/C23H17NO/c1-3-10-19(11-4-1)23(25-22-13-5-2-6-14-22)24-21-16-15-18-9-7-8-12-20(18)17-21/h1-17H. The van der Waals surface area contributed by atoms with Crippen LogP contribution in [0.25, 0.3) is 10.8 Å². The summed E-state index contributed by atoms with van der Waals surface area (Å²) in [4.78, 5) is 4.77. The average molecular weight is 323 g/mol. The molecule has 2 heteroatoms. The summed E-state index contributed by atoms with van der Waals surface area (Å²) in [5.74, 6) is 1.35. The van der Waals surface area contributed by atoms with Crippen LogP contribution in [-0.4, -0.2) is 5.90 Å². The van der Waals surface area contributed by atoms with Crippen LogP contribution in [0.3, 0.4) is 0 Å². The van der Waals surface area contributed by atoms with E-state index < -0.39 is 0 Å². The number of fused-ring (bicyclic) bond motifs is 1. The molecule has 0 N–H and O–H groups in total. The lowest BCUT2D eigenvalue weighted by atomic mass is 10.1. The number of benzene rings is 4. The molecule has 0 heterocycles. The molecule has 0 fully saturated rings. The number of hydrogen-bond donors (Lipinski definition) is 0. The minimum atomic E-state index is 0.585. The van der Waals surface area contributed by atoms with Gasteiger partial charge in [0.15, 0.2) is 0 Å². The third-order valence-corrected chi connectivity index (χ3v) is 3.94. The van der Waals surface area contributed by atoms with E-state index in [4.69, 9.17) is 9.73 Å². The predicted molar refractivity (Wildman–Crippen MR) is 104 cm³/mol. The van der Waals surface area contributed by atoms with Crippen molar-refractivity contribution < 1.29 is 4.74 Å². The third kappa shape index (κ3) is 3.59. The van der Waals surface area contributed by atoms with Crippen LogP contribution >= 0.6 is 0 Å². The molecule has 0 bridgehead atoms. The SMILES string of the molecule is c1ccc(OC(=Nc2ccc3ccccc3c2)c2ccccc2)cc1. The van der Waals surface area contributed by atoms with Gasteiger partial charge in [0.25, 0.3) is 0 Å². The fourth-order valence-corrected chi connectivity index (χ4v) is 2.69. The van der Waals surface area contributed by atoms with Crippen molar-refractivity contribution >= 4 is 22.4 Å². The van der Waals surface area contributed by atoms with E-state index in [1.165, 1.54) is 5.39 Å². The molecule has 0 spiro atoms. The van der Waals surface area contributed by atoms with Crippen molar-refractivity contribution in [2.75, 3.05) is 0 Å². The summed E-state index contributed by atoms with van der Waals surface area (Å²) in [5, 5.41) is 2.36. The Morgan fingerprint density at radius 1 is 0.600 bits per heavy atom. The van der Waals surface area contributed by atoms with E-state index in [1.807, 2.05) is 78.9 Å². The van der Waals surface area contributed by atoms with E-state index in [0.717, 1.165) is 22.4 Å². The Hall–Kier alpha value is -3.39. The zero-order valence-corrected chi connectivity index (χ0v) is 13.7. The Morgan fingerprint density at radius 3 is 2.00 bits per heavy atom. The topological polar surface area (TPSA) is 21.6 Å². The first kappa shape index (κ1) is 15.2. The molecule has 0 aliphatic heterocycles. The third-order valence-electron chi connectivity index (χ3n) is 3.94. The van der Waals surface area contributed by atoms with Crippen LogP contribution in [0.2, 0.25) is 0 Å². The predicted octanol–water partition coefficient (Wildman–Crippen LogP) is 6.00. The Balaban J connectivity index is 1.76. The highest BCUT2D eigenvalue weighted by Gasteiger charge is 2.07. The Bertz CT molecular complexity index is 1010. The molecule has 2 nitrogen and oxygen atoms in total. The van der Waals surface area contributed by atoms with Gasteiger partial charge in [-0.25, -0.2) is 4.99 Å². The van der Waals surface area contributed by atoms with Crippen LogP contribution in [0.5, 0.6) is 5.75 Å². The Kier molecular flexibility index (Phi) is 4.25. The van der Waals surface area contributed by atoms with Crippen molar-refractivity contribution in [3.8, 4) is 5.75 Å². The molecule has 0 saturated carbocycles. The average Bonchev–Trinajstić information content (AvgIpc) is 2.69. The fourth-order valence-electron chi connectivity index (χ4n) is 2.69. The first-order valence-electron chi connectivity index (χ1n) is 8.24. The summed E-state index contributed by atoms with van der Waals surface area (Å²) in [6.45, 7) is 0. The van der Waals surface area contributed by atoms with Gasteiger partial charge in [-0.2, -0.15) is 0 Å². The van der Waals surface area contributed by atoms with Gasteiger partial charge in [-0.05, 0) is 47.2 Å². The minimum absolute atomic E-state index is 0.585. The lowest BCUT2D eigenvalue weighted by Crippen LogP contribution is -2.09. The quantitative estimate of drug-likeness (QED) is 0.335. The normalized spacial score (nSPS) is 11.4. The summed E-state index contributed by atoms with van der Waals surface area (Å²) in [6.07, 6.45) is 0. The van der Waals surface area contributed by atoms with E-state index in [9.17, 15) is 0 Å². The molecule has 4 aromatic rings. The van der Waals surface area contributed by atoms with Crippen LogP contribution in [0, 0.1) is 0 Å². The number of nitrogens with zero attached hydrogens (tertiary/aromatic N) is 1. The van der Waals surface area contributed by atoms with Crippen molar-refractivity contribution in [3.63, 3.8) is 0 Å². The van der Waals surface area contributed by atoms with E-state index in [0.29, 0.717) is 5.90 Å². The van der Waals surface area contributed by atoms with Gasteiger partial charge in [-0.3, -0.25) is 0 Å². The van der Waals surface area contributed by atoms with Gasteiger partial charge in [0.05, 0.1) is 5.69 Å². The Labute approximate surface area is 147 Å². The van der Waals surface area contributed by atoms with E-state index in [2.05, 4.69) is 24.3 Å². The molecule has 0 unspecified atom stereocenters. The van der Waals surface area contributed by atoms with Crippen molar-refractivity contribution in [2.24, 2.45) is 4.99 Å². The van der Waals surface area contributed by atoms with Gasteiger partial charge in [0.2, 0.25) is 5.90 Å². The summed E-state index contributed by atoms with van der Waals surface area (Å²) in [6, 6.07) is 34.1. The highest BCUT2D eigenvalue weighted by atomic mass is 16.5. The van der Waals surface area contributed by atoms with Crippen molar-refractivity contribution in [1.29, 1.82) is 0 Å². The molecule has 0 aliphatic carbocycles. The number of hydrogen-bond acceptors (Lipinski definition) is 2. The molecule has 120 valence electrons. The Morgan fingerprint density at radius 2 is 1.24 bits per heavy atom. The molecular weight excluding hydrogens is 306 g/mol.